The van der Waals surface area contributed by atoms with Crippen LogP contribution in [0.2, 0.25) is 0 Å². The van der Waals surface area contributed by atoms with Crippen molar-refractivity contribution < 1.29 is 14.3 Å². The molecule has 0 unspecified atom stereocenters. The van der Waals surface area contributed by atoms with Crippen LogP contribution in [0.3, 0.4) is 0 Å². The van der Waals surface area contributed by atoms with Gasteiger partial charge in [0.05, 0.1) is 0 Å². The first-order valence-electron chi connectivity index (χ1n) is 8.98. The van der Waals surface area contributed by atoms with E-state index in [0.29, 0.717) is 30.1 Å². The summed E-state index contributed by atoms with van der Waals surface area (Å²) in [7, 11) is 0. The average Bonchev–Trinajstić information content (AvgIpc) is 2.68. The van der Waals surface area contributed by atoms with Crippen LogP contribution in [0.4, 0.5) is 5.69 Å². The topological polar surface area (TPSA) is 58.6 Å². The fourth-order valence-electron chi connectivity index (χ4n) is 2.59. The quantitative estimate of drug-likeness (QED) is 0.785. The van der Waals surface area contributed by atoms with E-state index in [1.54, 1.807) is 29.2 Å². The lowest BCUT2D eigenvalue weighted by molar-refractivity contribution is -0.118. The van der Waals surface area contributed by atoms with Gasteiger partial charge >= 0.3 is 0 Å². The van der Waals surface area contributed by atoms with E-state index in [0.717, 1.165) is 6.42 Å². The van der Waals surface area contributed by atoms with Gasteiger partial charge in [0.15, 0.2) is 6.61 Å². The van der Waals surface area contributed by atoms with Crippen LogP contribution in [0.25, 0.3) is 0 Å². The summed E-state index contributed by atoms with van der Waals surface area (Å²) in [6, 6.07) is 14.6. The Morgan fingerprint density at radius 2 is 1.69 bits per heavy atom. The molecule has 0 aliphatic carbocycles. The molecule has 2 aromatic carbocycles. The molecule has 0 aliphatic heterocycles. The first-order chi connectivity index (χ1) is 12.6. The molecule has 2 rings (SSSR count). The van der Waals surface area contributed by atoms with E-state index in [1.165, 1.54) is 5.56 Å². The summed E-state index contributed by atoms with van der Waals surface area (Å²) >= 11 is 0. The second-order valence-electron chi connectivity index (χ2n) is 5.89. The van der Waals surface area contributed by atoms with E-state index in [-0.39, 0.29) is 18.4 Å². The molecule has 0 bridgehead atoms. The third-order valence-electron chi connectivity index (χ3n) is 4.15. The highest BCUT2D eigenvalue weighted by molar-refractivity contribution is 5.97. The summed E-state index contributed by atoms with van der Waals surface area (Å²) < 4.78 is 5.50. The zero-order valence-electron chi connectivity index (χ0n) is 15.6. The Morgan fingerprint density at radius 3 is 2.31 bits per heavy atom. The van der Waals surface area contributed by atoms with Gasteiger partial charge in [0, 0.05) is 24.3 Å². The van der Waals surface area contributed by atoms with Gasteiger partial charge in [-0.05, 0) is 56.2 Å². The van der Waals surface area contributed by atoms with Crippen LogP contribution in [0, 0.1) is 0 Å². The van der Waals surface area contributed by atoms with Crippen molar-refractivity contribution in [3.05, 3.63) is 59.7 Å². The van der Waals surface area contributed by atoms with Crippen molar-refractivity contribution in [1.29, 1.82) is 0 Å². The summed E-state index contributed by atoms with van der Waals surface area (Å²) in [5, 5.41) is 2.77. The Morgan fingerprint density at radius 1 is 1.00 bits per heavy atom. The number of carbonyl (C=O) groups excluding carboxylic acids is 2. The molecular weight excluding hydrogens is 328 g/mol. The van der Waals surface area contributed by atoms with Gasteiger partial charge in [-0.15, -0.1) is 0 Å². The van der Waals surface area contributed by atoms with Crippen LogP contribution in [0.5, 0.6) is 5.75 Å². The van der Waals surface area contributed by atoms with Gasteiger partial charge in [0.1, 0.15) is 5.75 Å². The van der Waals surface area contributed by atoms with Gasteiger partial charge in [0.2, 0.25) is 0 Å². The number of benzene rings is 2. The number of aryl methyl sites for hydroxylation is 1. The monoisotopic (exact) mass is 354 g/mol. The van der Waals surface area contributed by atoms with Crippen molar-refractivity contribution in [2.24, 2.45) is 0 Å². The van der Waals surface area contributed by atoms with E-state index < -0.39 is 0 Å². The third kappa shape index (κ3) is 5.34. The minimum absolute atomic E-state index is 0.0432. The highest BCUT2D eigenvalue weighted by atomic mass is 16.5. The van der Waals surface area contributed by atoms with Crippen LogP contribution < -0.4 is 10.1 Å². The number of ether oxygens (including phenoxy) is 1. The predicted octanol–water partition coefficient (Wildman–Crippen LogP) is 3.75. The summed E-state index contributed by atoms with van der Waals surface area (Å²) in [6.45, 7) is 7.18. The number of rotatable bonds is 8. The number of carbonyl (C=O) groups is 2. The second kappa shape index (κ2) is 9.61. The van der Waals surface area contributed by atoms with Gasteiger partial charge in [-0.25, -0.2) is 0 Å². The van der Waals surface area contributed by atoms with Crippen molar-refractivity contribution in [2.45, 2.75) is 27.2 Å². The van der Waals surface area contributed by atoms with E-state index in [1.807, 2.05) is 38.1 Å². The molecule has 0 saturated heterocycles. The molecule has 0 spiro atoms. The number of nitrogens with zero attached hydrogens (tertiary/aromatic N) is 1. The fourth-order valence-corrected chi connectivity index (χ4v) is 2.59. The maximum Gasteiger partial charge on any atom is 0.262 e. The van der Waals surface area contributed by atoms with Crippen LogP contribution in [0.1, 0.15) is 36.7 Å². The first kappa shape index (κ1) is 19.5. The predicted molar refractivity (Wildman–Crippen MR) is 104 cm³/mol. The molecule has 0 saturated carbocycles. The number of amides is 2. The normalized spacial score (nSPS) is 10.3. The van der Waals surface area contributed by atoms with Crippen molar-refractivity contribution in [1.82, 2.24) is 4.90 Å². The van der Waals surface area contributed by atoms with Gasteiger partial charge in [0.25, 0.3) is 11.8 Å². The first-order valence-corrected chi connectivity index (χ1v) is 8.98. The van der Waals surface area contributed by atoms with Gasteiger partial charge < -0.3 is 15.0 Å². The Bertz CT molecular complexity index is 737. The number of hydrogen-bond donors (Lipinski definition) is 1. The van der Waals surface area contributed by atoms with E-state index in [9.17, 15) is 9.59 Å². The van der Waals surface area contributed by atoms with Crippen LogP contribution >= 0.6 is 0 Å². The van der Waals surface area contributed by atoms with Crippen molar-refractivity contribution in [3.8, 4) is 5.75 Å². The lowest BCUT2D eigenvalue weighted by atomic mass is 10.1. The zero-order chi connectivity index (χ0) is 18.9. The average molecular weight is 354 g/mol. The molecule has 1 N–H and O–H groups in total. The lowest BCUT2D eigenvalue weighted by Crippen LogP contribution is -2.30. The highest BCUT2D eigenvalue weighted by Crippen LogP contribution is 2.14. The Labute approximate surface area is 155 Å². The molecule has 26 heavy (non-hydrogen) atoms. The summed E-state index contributed by atoms with van der Waals surface area (Å²) in [5.41, 5.74) is 2.36. The van der Waals surface area contributed by atoms with Crippen LogP contribution in [-0.2, 0) is 11.2 Å². The highest BCUT2D eigenvalue weighted by Gasteiger charge is 2.13. The SMILES string of the molecule is CCc1ccc(OCC(=O)Nc2cccc(C(=O)N(CC)CC)c2)cc1. The summed E-state index contributed by atoms with van der Waals surface area (Å²) in [4.78, 5) is 26.2. The molecule has 5 nitrogen and oxygen atoms in total. The molecule has 0 fully saturated rings. The Balaban J connectivity index is 1.94. The maximum atomic E-state index is 12.4. The zero-order valence-corrected chi connectivity index (χ0v) is 15.6. The summed E-state index contributed by atoms with van der Waals surface area (Å²) in [6.07, 6.45) is 0.962. The fraction of sp³-hybridized carbons (Fsp3) is 0.333. The van der Waals surface area contributed by atoms with E-state index in [4.69, 9.17) is 4.74 Å². The number of anilines is 1. The molecule has 2 aromatic rings. The van der Waals surface area contributed by atoms with Crippen LogP contribution in [-0.4, -0.2) is 36.4 Å². The Hall–Kier alpha value is -2.82. The summed E-state index contributed by atoms with van der Waals surface area (Å²) in [5.74, 6) is 0.346. The minimum atomic E-state index is -0.267. The Kier molecular flexibility index (Phi) is 7.21. The van der Waals surface area contributed by atoms with Gasteiger partial charge in [-0.3, -0.25) is 9.59 Å². The minimum Gasteiger partial charge on any atom is -0.484 e. The molecule has 138 valence electrons. The van der Waals surface area contributed by atoms with Crippen molar-refractivity contribution in [2.75, 3.05) is 25.0 Å². The lowest BCUT2D eigenvalue weighted by Gasteiger charge is -2.19. The molecular formula is C21H26N2O3. The van der Waals surface area contributed by atoms with E-state index >= 15 is 0 Å². The smallest absolute Gasteiger partial charge is 0.262 e. The van der Waals surface area contributed by atoms with Crippen molar-refractivity contribution >= 4 is 17.5 Å². The standard InChI is InChI=1S/C21H26N2O3/c1-4-16-10-12-19(13-11-16)26-15-20(24)22-18-9-7-8-17(14-18)21(25)23(5-2)6-3/h7-14H,4-6,15H2,1-3H3,(H,22,24). The maximum absolute atomic E-state index is 12.4. The van der Waals surface area contributed by atoms with Crippen molar-refractivity contribution in [3.63, 3.8) is 0 Å². The van der Waals surface area contributed by atoms with Gasteiger partial charge in [-0.2, -0.15) is 0 Å². The molecule has 0 atom stereocenters. The van der Waals surface area contributed by atoms with Crippen LogP contribution in [0.15, 0.2) is 48.5 Å². The second-order valence-corrected chi connectivity index (χ2v) is 5.89. The molecule has 0 aliphatic rings. The molecule has 0 heterocycles. The number of nitrogens with one attached hydrogen (secondary N) is 1. The third-order valence-corrected chi connectivity index (χ3v) is 4.15. The molecule has 2 amide bonds. The molecule has 0 aromatic heterocycles. The number of hydrogen-bond acceptors (Lipinski definition) is 3. The van der Waals surface area contributed by atoms with E-state index in [2.05, 4.69) is 12.2 Å². The largest absolute Gasteiger partial charge is 0.484 e. The molecule has 5 heteroatoms. The molecule has 0 radical (unpaired) electrons. The van der Waals surface area contributed by atoms with Gasteiger partial charge in [-0.1, -0.05) is 25.1 Å².